The SMILES string of the molecule is O=C1OC(CNC(=S)C(F)F)CN1c1ccc(C2CCC(O)C(O)C2)cc1. The van der Waals surface area contributed by atoms with E-state index in [9.17, 15) is 23.8 Å². The predicted molar refractivity (Wildman–Crippen MR) is 99.3 cm³/mol. The molecule has 0 aromatic heterocycles. The van der Waals surface area contributed by atoms with Gasteiger partial charge < -0.3 is 20.3 Å². The van der Waals surface area contributed by atoms with Crippen molar-refractivity contribution in [1.29, 1.82) is 0 Å². The van der Waals surface area contributed by atoms with Gasteiger partial charge in [-0.25, -0.2) is 13.6 Å². The summed E-state index contributed by atoms with van der Waals surface area (Å²) in [7, 11) is 0. The standard InChI is InChI=1S/C18H22F2N2O4S/c19-16(20)17(27)21-8-13-9-22(18(25)26-13)12-4-1-10(2-5-12)11-3-6-14(23)15(24)7-11/h1-2,4-5,11,13-16,23-24H,3,6-9H2,(H,21,27). The Morgan fingerprint density at radius 1 is 1.26 bits per heavy atom. The van der Waals surface area contributed by atoms with Gasteiger partial charge in [0, 0.05) is 5.69 Å². The van der Waals surface area contributed by atoms with Crippen molar-refractivity contribution in [3.8, 4) is 0 Å². The molecule has 1 aliphatic carbocycles. The fourth-order valence-corrected chi connectivity index (χ4v) is 3.57. The van der Waals surface area contributed by atoms with Crippen molar-refractivity contribution < 1.29 is 28.5 Å². The van der Waals surface area contributed by atoms with Crippen LogP contribution in [-0.2, 0) is 4.74 Å². The van der Waals surface area contributed by atoms with Crippen LogP contribution < -0.4 is 10.2 Å². The molecule has 2 fully saturated rings. The smallest absolute Gasteiger partial charge is 0.414 e. The van der Waals surface area contributed by atoms with E-state index in [0.29, 0.717) is 18.5 Å². The molecule has 0 radical (unpaired) electrons. The number of nitrogens with one attached hydrogen (secondary N) is 1. The molecule has 1 aromatic carbocycles. The first-order valence-electron chi connectivity index (χ1n) is 8.85. The number of aliphatic hydroxyl groups is 2. The highest BCUT2D eigenvalue weighted by molar-refractivity contribution is 7.80. The number of halogens is 2. The van der Waals surface area contributed by atoms with Gasteiger partial charge in [0.1, 0.15) is 11.1 Å². The first kappa shape index (κ1) is 19.9. The van der Waals surface area contributed by atoms with Gasteiger partial charge in [0.2, 0.25) is 0 Å². The van der Waals surface area contributed by atoms with Crippen molar-refractivity contribution in [3.05, 3.63) is 29.8 Å². The summed E-state index contributed by atoms with van der Waals surface area (Å²) >= 11 is 4.51. The van der Waals surface area contributed by atoms with Crippen molar-refractivity contribution >= 4 is 29.0 Å². The first-order valence-corrected chi connectivity index (χ1v) is 9.26. The third-order valence-corrected chi connectivity index (χ3v) is 5.36. The van der Waals surface area contributed by atoms with Crippen LogP contribution in [0, 0.1) is 0 Å². The molecule has 148 valence electrons. The first-order chi connectivity index (χ1) is 12.8. The second-order valence-electron chi connectivity index (χ2n) is 6.90. The summed E-state index contributed by atoms with van der Waals surface area (Å²) in [6.07, 6.45) is -3.36. The molecule has 3 rings (SSSR count). The van der Waals surface area contributed by atoms with Gasteiger partial charge in [-0.1, -0.05) is 24.4 Å². The molecule has 1 aliphatic heterocycles. The third kappa shape index (κ3) is 4.72. The number of ether oxygens (including phenoxy) is 1. The average molecular weight is 400 g/mol. The molecule has 4 unspecified atom stereocenters. The number of hydrogen-bond acceptors (Lipinski definition) is 5. The Bertz CT molecular complexity index is 688. The fraction of sp³-hybridized carbons (Fsp3) is 0.556. The van der Waals surface area contributed by atoms with Gasteiger partial charge in [0.05, 0.1) is 25.3 Å². The monoisotopic (exact) mass is 400 g/mol. The van der Waals surface area contributed by atoms with Crippen molar-refractivity contribution in [2.75, 3.05) is 18.0 Å². The van der Waals surface area contributed by atoms with Gasteiger partial charge in [0.25, 0.3) is 6.43 Å². The molecule has 1 saturated heterocycles. The maximum Gasteiger partial charge on any atom is 0.414 e. The van der Waals surface area contributed by atoms with Crippen LogP contribution in [0.3, 0.4) is 0 Å². The summed E-state index contributed by atoms with van der Waals surface area (Å²) < 4.78 is 30.0. The molecule has 1 saturated carbocycles. The second-order valence-corrected chi connectivity index (χ2v) is 7.34. The van der Waals surface area contributed by atoms with E-state index in [1.54, 1.807) is 12.1 Å². The van der Waals surface area contributed by atoms with Crippen molar-refractivity contribution in [3.63, 3.8) is 0 Å². The molecule has 3 N–H and O–H groups in total. The predicted octanol–water partition coefficient (Wildman–Crippen LogP) is 2.18. The highest BCUT2D eigenvalue weighted by Crippen LogP contribution is 2.34. The zero-order chi connectivity index (χ0) is 19.6. The quantitative estimate of drug-likeness (QED) is 0.658. The summed E-state index contributed by atoms with van der Waals surface area (Å²) in [5.41, 5.74) is 1.69. The number of hydrogen-bond donors (Lipinski definition) is 3. The molecular formula is C18H22F2N2O4S. The van der Waals surface area contributed by atoms with Gasteiger partial charge >= 0.3 is 6.09 Å². The maximum absolute atomic E-state index is 12.4. The third-order valence-electron chi connectivity index (χ3n) is 5.03. The van der Waals surface area contributed by atoms with Gasteiger partial charge in [-0.15, -0.1) is 0 Å². The topological polar surface area (TPSA) is 82.0 Å². The van der Waals surface area contributed by atoms with E-state index < -0.39 is 35.8 Å². The lowest BCUT2D eigenvalue weighted by molar-refractivity contribution is -0.0149. The van der Waals surface area contributed by atoms with Crippen molar-refractivity contribution in [1.82, 2.24) is 5.32 Å². The molecule has 9 heteroatoms. The molecule has 1 heterocycles. The molecule has 0 bridgehead atoms. The number of carbonyl (C=O) groups is 1. The average Bonchev–Trinajstić information content (AvgIpc) is 3.02. The van der Waals surface area contributed by atoms with Crippen LogP contribution in [0.2, 0.25) is 0 Å². The van der Waals surface area contributed by atoms with E-state index in [-0.39, 0.29) is 19.0 Å². The van der Waals surface area contributed by atoms with E-state index in [1.807, 2.05) is 12.1 Å². The molecule has 1 amide bonds. The van der Waals surface area contributed by atoms with Crippen LogP contribution in [0.4, 0.5) is 19.3 Å². The number of thiocarbonyl (C=S) groups is 1. The Labute approximate surface area is 161 Å². The molecule has 0 spiro atoms. The largest absolute Gasteiger partial charge is 0.442 e. The minimum absolute atomic E-state index is 0.0335. The maximum atomic E-state index is 12.4. The zero-order valence-corrected chi connectivity index (χ0v) is 15.4. The highest BCUT2D eigenvalue weighted by atomic mass is 32.1. The van der Waals surface area contributed by atoms with Gasteiger partial charge in [-0.2, -0.15) is 0 Å². The molecule has 2 aliphatic rings. The van der Waals surface area contributed by atoms with Crippen molar-refractivity contribution in [2.24, 2.45) is 0 Å². The van der Waals surface area contributed by atoms with E-state index >= 15 is 0 Å². The van der Waals surface area contributed by atoms with Crippen LogP contribution in [0.1, 0.15) is 30.7 Å². The summed E-state index contributed by atoms with van der Waals surface area (Å²) in [6, 6.07) is 7.39. The Morgan fingerprint density at radius 3 is 2.59 bits per heavy atom. The zero-order valence-electron chi connectivity index (χ0n) is 14.6. The molecule has 4 atom stereocenters. The summed E-state index contributed by atoms with van der Waals surface area (Å²) in [5, 5.41) is 21.9. The number of cyclic esters (lactones) is 1. The summed E-state index contributed by atoms with van der Waals surface area (Å²) in [4.78, 5) is 12.9. The van der Waals surface area contributed by atoms with E-state index in [1.165, 1.54) is 4.90 Å². The summed E-state index contributed by atoms with van der Waals surface area (Å²) in [5.74, 6) is 0.162. The lowest BCUT2D eigenvalue weighted by atomic mass is 9.81. The van der Waals surface area contributed by atoms with E-state index in [0.717, 1.165) is 12.0 Å². The van der Waals surface area contributed by atoms with Gasteiger partial charge in [-0.3, -0.25) is 4.90 Å². The summed E-state index contributed by atoms with van der Waals surface area (Å²) in [6.45, 7) is 0.275. The van der Waals surface area contributed by atoms with Gasteiger partial charge in [0.15, 0.2) is 0 Å². The molecule has 27 heavy (non-hydrogen) atoms. The highest BCUT2D eigenvalue weighted by Gasteiger charge is 2.33. The van der Waals surface area contributed by atoms with E-state index in [2.05, 4.69) is 17.5 Å². The Balaban J connectivity index is 1.58. The number of benzene rings is 1. The number of carbonyl (C=O) groups excluding carboxylic acids is 1. The van der Waals surface area contributed by atoms with E-state index in [4.69, 9.17) is 4.74 Å². The van der Waals surface area contributed by atoms with Crippen LogP contribution in [0.15, 0.2) is 24.3 Å². The number of aliphatic hydroxyl groups excluding tert-OH is 2. The molecular weight excluding hydrogens is 378 g/mol. The number of rotatable bonds is 5. The van der Waals surface area contributed by atoms with Crippen LogP contribution >= 0.6 is 12.2 Å². The minimum atomic E-state index is -2.74. The van der Waals surface area contributed by atoms with Crippen LogP contribution in [0.5, 0.6) is 0 Å². The Kier molecular flexibility index (Phi) is 6.23. The number of anilines is 1. The normalized spacial score (nSPS) is 28.3. The number of alkyl halides is 2. The fourth-order valence-electron chi connectivity index (χ4n) is 3.49. The van der Waals surface area contributed by atoms with Crippen molar-refractivity contribution in [2.45, 2.75) is 49.9 Å². The molecule has 6 nitrogen and oxygen atoms in total. The van der Waals surface area contributed by atoms with Crippen LogP contribution in [-0.4, -0.2) is 59.1 Å². The lowest BCUT2D eigenvalue weighted by Crippen LogP contribution is -2.36. The number of amides is 1. The Morgan fingerprint density at radius 2 is 1.96 bits per heavy atom. The second kappa shape index (κ2) is 8.45. The minimum Gasteiger partial charge on any atom is -0.442 e. The lowest BCUT2D eigenvalue weighted by Gasteiger charge is -2.30. The Hall–Kier alpha value is -1.84. The van der Waals surface area contributed by atoms with Gasteiger partial charge in [-0.05, 0) is 42.9 Å². The van der Waals surface area contributed by atoms with Crippen LogP contribution in [0.25, 0.3) is 0 Å². The molecule has 1 aromatic rings. The number of nitrogens with zero attached hydrogens (tertiary/aromatic N) is 1.